The molecule has 0 aliphatic carbocycles. The Labute approximate surface area is 122 Å². The molecule has 1 aromatic carbocycles. The van der Waals surface area contributed by atoms with E-state index in [1.165, 1.54) is 0 Å². The normalized spacial score (nSPS) is 11.9. The molecule has 0 aliphatic heterocycles. The molecule has 1 atom stereocenters. The average molecular weight is 330 g/mol. The number of carbonyl (C=O) groups is 1. The van der Waals surface area contributed by atoms with E-state index in [0.717, 1.165) is 17.3 Å². The topological polar surface area (TPSA) is 58.6 Å². The Bertz CT molecular complexity index is 398. The largest absolute Gasteiger partial charge is 0.484 e. The van der Waals surface area contributed by atoms with Gasteiger partial charge in [0.15, 0.2) is 6.61 Å². The molecule has 2 N–H and O–H groups in total. The molecule has 0 fully saturated rings. The van der Waals surface area contributed by atoms with Crippen molar-refractivity contribution >= 4 is 21.8 Å². The van der Waals surface area contributed by atoms with Gasteiger partial charge in [0.25, 0.3) is 5.91 Å². The molecular weight excluding hydrogens is 310 g/mol. The highest BCUT2D eigenvalue weighted by molar-refractivity contribution is 9.10. The highest BCUT2D eigenvalue weighted by Crippen LogP contribution is 2.17. The third-order valence-corrected chi connectivity index (χ3v) is 3.17. The van der Waals surface area contributed by atoms with E-state index in [4.69, 9.17) is 9.84 Å². The second-order valence-corrected chi connectivity index (χ2v) is 5.44. The smallest absolute Gasteiger partial charge is 0.257 e. The minimum Gasteiger partial charge on any atom is -0.484 e. The van der Waals surface area contributed by atoms with Gasteiger partial charge in [-0.05, 0) is 37.0 Å². The van der Waals surface area contributed by atoms with Crippen molar-refractivity contribution in [2.45, 2.75) is 19.8 Å². The van der Waals surface area contributed by atoms with Gasteiger partial charge in [0.2, 0.25) is 0 Å². The maximum atomic E-state index is 11.5. The molecule has 1 amide bonds. The van der Waals surface area contributed by atoms with E-state index in [1.54, 1.807) is 6.07 Å². The maximum absolute atomic E-state index is 11.5. The van der Waals surface area contributed by atoms with E-state index in [0.29, 0.717) is 12.3 Å². The van der Waals surface area contributed by atoms with Crippen LogP contribution in [0.15, 0.2) is 28.7 Å². The zero-order valence-corrected chi connectivity index (χ0v) is 12.6. The van der Waals surface area contributed by atoms with Gasteiger partial charge < -0.3 is 15.2 Å². The molecule has 1 rings (SSSR count). The third-order valence-electron chi connectivity index (χ3n) is 2.67. The van der Waals surface area contributed by atoms with Crippen molar-refractivity contribution in [3.8, 4) is 5.75 Å². The molecule has 0 spiro atoms. The van der Waals surface area contributed by atoms with Gasteiger partial charge in [0.05, 0.1) is 0 Å². The van der Waals surface area contributed by atoms with Crippen molar-refractivity contribution in [3.63, 3.8) is 0 Å². The fourth-order valence-corrected chi connectivity index (χ4v) is 1.90. The molecule has 0 saturated heterocycles. The second-order valence-electron chi connectivity index (χ2n) is 4.53. The van der Waals surface area contributed by atoms with Crippen LogP contribution in [0.1, 0.15) is 19.8 Å². The molecule has 1 aromatic rings. The first-order chi connectivity index (χ1) is 9.11. The van der Waals surface area contributed by atoms with Crippen molar-refractivity contribution < 1.29 is 14.6 Å². The molecule has 5 heteroatoms. The van der Waals surface area contributed by atoms with Gasteiger partial charge >= 0.3 is 0 Å². The summed E-state index contributed by atoms with van der Waals surface area (Å²) < 4.78 is 6.29. The van der Waals surface area contributed by atoms with Crippen LogP contribution in [0.2, 0.25) is 0 Å². The number of hydrogen-bond acceptors (Lipinski definition) is 3. The van der Waals surface area contributed by atoms with Gasteiger partial charge in [-0.2, -0.15) is 0 Å². The van der Waals surface area contributed by atoms with Gasteiger partial charge in [-0.1, -0.05) is 28.9 Å². The summed E-state index contributed by atoms with van der Waals surface area (Å²) in [5, 5.41) is 11.7. The Morgan fingerprint density at radius 2 is 2.32 bits per heavy atom. The van der Waals surface area contributed by atoms with Crippen molar-refractivity contribution in [2.24, 2.45) is 5.92 Å². The van der Waals surface area contributed by atoms with Crippen molar-refractivity contribution in [1.29, 1.82) is 0 Å². The molecule has 19 heavy (non-hydrogen) atoms. The lowest BCUT2D eigenvalue weighted by Crippen LogP contribution is -2.29. The van der Waals surface area contributed by atoms with Gasteiger partial charge in [-0.3, -0.25) is 4.79 Å². The molecule has 106 valence electrons. The van der Waals surface area contributed by atoms with Gasteiger partial charge in [-0.15, -0.1) is 0 Å². The van der Waals surface area contributed by atoms with E-state index in [-0.39, 0.29) is 25.0 Å². The summed E-state index contributed by atoms with van der Waals surface area (Å²) in [5.74, 6) is 0.824. The summed E-state index contributed by atoms with van der Waals surface area (Å²) in [6.07, 6.45) is 1.77. The maximum Gasteiger partial charge on any atom is 0.257 e. The van der Waals surface area contributed by atoms with Crippen LogP contribution in [-0.2, 0) is 4.79 Å². The zero-order chi connectivity index (χ0) is 14.1. The highest BCUT2D eigenvalue weighted by atomic mass is 79.9. The Kier molecular flexibility index (Phi) is 7.52. The molecule has 0 aliphatic rings. The third kappa shape index (κ3) is 7.18. The van der Waals surface area contributed by atoms with E-state index >= 15 is 0 Å². The average Bonchev–Trinajstić information content (AvgIpc) is 2.41. The number of carbonyl (C=O) groups excluding carboxylic acids is 1. The lowest BCUT2D eigenvalue weighted by atomic mass is 10.1. The van der Waals surface area contributed by atoms with Gasteiger partial charge in [0, 0.05) is 17.6 Å². The fourth-order valence-electron chi connectivity index (χ4n) is 1.53. The molecule has 4 nitrogen and oxygen atoms in total. The summed E-state index contributed by atoms with van der Waals surface area (Å²) in [6.45, 7) is 2.81. The lowest BCUT2D eigenvalue weighted by Gasteiger charge is -2.09. The quantitative estimate of drug-likeness (QED) is 0.720. The summed E-state index contributed by atoms with van der Waals surface area (Å²) in [6, 6.07) is 7.38. The minimum absolute atomic E-state index is 0.0198. The molecule has 0 radical (unpaired) electrons. The first-order valence-corrected chi connectivity index (χ1v) is 7.17. The highest BCUT2D eigenvalue weighted by Gasteiger charge is 2.04. The Hall–Kier alpha value is -1.07. The summed E-state index contributed by atoms with van der Waals surface area (Å²) in [5.41, 5.74) is 0. The van der Waals surface area contributed by atoms with Crippen LogP contribution >= 0.6 is 15.9 Å². The summed E-state index contributed by atoms with van der Waals surface area (Å²) >= 11 is 3.34. The number of hydrogen-bond donors (Lipinski definition) is 2. The second kappa shape index (κ2) is 8.93. The first-order valence-electron chi connectivity index (χ1n) is 6.37. The van der Waals surface area contributed by atoms with Crippen LogP contribution in [-0.4, -0.2) is 30.8 Å². The number of ether oxygens (including phenoxy) is 1. The van der Waals surface area contributed by atoms with E-state index in [2.05, 4.69) is 21.2 Å². The number of nitrogens with one attached hydrogen (secondary N) is 1. The SMILES string of the molecule is CC(CO)CCCNC(=O)COc1cccc(Br)c1. The monoisotopic (exact) mass is 329 g/mol. The lowest BCUT2D eigenvalue weighted by molar-refractivity contribution is -0.123. The van der Waals surface area contributed by atoms with E-state index < -0.39 is 0 Å². The molecule has 0 saturated carbocycles. The number of rotatable bonds is 8. The van der Waals surface area contributed by atoms with Crippen LogP contribution in [0.4, 0.5) is 0 Å². The molecule has 0 aromatic heterocycles. The number of aliphatic hydroxyl groups excluding tert-OH is 1. The molecular formula is C14H20BrNO3. The van der Waals surface area contributed by atoms with Crippen LogP contribution in [0.25, 0.3) is 0 Å². The van der Waals surface area contributed by atoms with Crippen LogP contribution < -0.4 is 10.1 Å². The first kappa shape index (κ1) is 16.0. The Morgan fingerprint density at radius 3 is 3.00 bits per heavy atom. The predicted octanol–water partition coefficient (Wildman–Crippen LogP) is 2.35. The van der Waals surface area contributed by atoms with E-state index in [9.17, 15) is 4.79 Å². The Morgan fingerprint density at radius 1 is 1.53 bits per heavy atom. The predicted molar refractivity (Wildman–Crippen MR) is 78.1 cm³/mol. The number of benzene rings is 1. The van der Waals surface area contributed by atoms with Crippen molar-refractivity contribution in [3.05, 3.63) is 28.7 Å². The van der Waals surface area contributed by atoms with Crippen LogP contribution in [0.3, 0.4) is 0 Å². The molecule has 0 bridgehead atoms. The number of halogens is 1. The van der Waals surface area contributed by atoms with Crippen LogP contribution in [0.5, 0.6) is 5.75 Å². The fraction of sp³-hybridized carbons (Fsp3) is 0.500. The number of amides is 1. The van der Waals surface area contributed by atoms with Gasteiger partial charge in [0.1, 0.15) is 5.75 Å². The van der Waals surface area contributed by atoms with Crippen LogP contribution in [0, 0.1) is 5.92 Å². The zero-order valence-electron chi connectivity index (χ0n) is 11.1. The number of aliphatic hydroxyl groups is 1. The Balaban J connectivity index is 2.14. The van der Waals surface area contributed by atoms with E-state index in [1.807, 2.05) is 25.1 Å². The molecule has 1 unspecified atom stereocenters. The minimum atomic E-state index is -0.128. The summed E-state index contributed by atoms with van der Waals surface area (Å²) in [4.78, 5) is 11.5. The summed E-state index contributed by atoms with van der Waals surface area (Å²) in [7, 11) is 0. The standard InChI is InChI=1S/C14H20BrNO3/c1-11(9-17)4-3-7-16-14(18)10-19-13-6-2-5-12(15)8-13/h2,5-6,8,11,17H,3-4,7,9-10H2,1H3,(H,16,18). The van der Waals surface area contributed by atoms with Crippen molar-refractivity contribution in [2.75, 3.05) is 19.8 Å². The van der Waals surface area contributed by atoms with Gasteiger partial charge in [-0.25, -0.2) is 0 Å². The molecule has 0 heterocycles. The van der Waals surface area contributed by atoms with Crippen molar-refractivity contribution in [1.82, 2.24) is 5.32 Å².